The van der Waals surface area contributed by atoms with E-state index in [4.69, 9.17) is 4.74 Å². The number of rotatable bonds is 2. The molecule has 2 aromatic heterocycles. The highest BCUT2D eigenvalue weighted by Crippen LogP contribution is 2.28. The Morgan fingerprint density at radius 2 is 2.13 bits per heavy atom. The molecule has 0 saturated heterocycles. The summed E-state index contributed by atoms with van der Waals surface area (Å²) in [6.07, 6.45) is 3.38. The summed E-state index contributed by atoms with van der Waals surface area (Å²) in [4.78, 5) is 9.48. The third-order valence-electron chi connectivity index (χ3n) is 1.89. The number of hydrogen-bond acceptors (Lipinski definition) is 4. The van der Waals surface area contributed by atoms with Gasteiger partial charge in [-0.05, 0) is 35.8 Å². The van der Waals surface area contributed by atoms with Crippen molar-refractivity contribution in [1.29, 1.82) is 0 Å². The molecule has 0 bridgehead atoms. The zero-order valence-electron chi connectivity index (χ0n) is 8.32. The molecule has 78 valence electrons. The van der Waals surface area contributed by atoms with Gasteiger partial charge in [0.1, 0.15) is 5.75 Å². The molecule has 0 saturated carbocycles. The van der Waals surface area contributed by atoms with Gasteiger partial charge in [-0.1, -0.05) is 11.3 Å². The first-order chi connectivity index (χ1) is 7.15. The summed E-state index contributed by atoms with van der Waals surface area (Å²) in [6, 6.07) is 1.86. The van der Waals surface area contributed by atoms with Crippen LogP contribution in [-0.4, -0.2) is 9.97 Å². The SMILES string of the molecule is Cc1nc(Oc2cncc(Br)c2)sc1C. The van der Waals surface area contributed by atoms with Gasteiger partial charge >= 0.3 is 0 Å². The summed E-state index contributed by atoms with van der Waals surface area (Å²) in [5.74, 6) is 0.693. The van der Waals surface area contributed by atoms with Gasteiger partial charge in [0, 0.05) is 15.5 Å². The molecule has 5 heteroatoms. The number of aromatic nitrogens is 2. The van der Waals surface area contributed by atoms with Crippen LogP contribution < -0.4 is 4.74 Å². The maximum Gasteiger partial charge on any atom is 0.279 e. The normalized spacial score (nSPS) is 10.3. The lowest BCUT2D eigenvalue weighted by Crippen LogP contribution is -1.84. The highest BCUT2D eigenvalue weighted by molar-refractivity contribution is 9.10. The van der Waals surface area contributed by atoms with E-state index in [0.717, 1.165) is 10.2 Å². The van der Waals surface area contributed by atoms with E-state index >= 15 is 0 Å². The summed E-state index contributed by atoms with van der Waals surface area (Å²) in [5.41, 5.74) is 1.01. The molecule has 2 rings (SSSR count). The van der Waals surface area contributed by atoms with Gasteiger partial charge in [-0.3, -0.25) is 4.98 Å². The zero-order chi connectivity index (χ0) is 10.8. The molecule has 0 spiro atoms. The molecule has 0 radical (unpaired) electrons. The van der Waals surface area contributed by atoms with Crippen molar-refractivity contribution in [2.75, 3.05) is 0 Å². The molecule has 15 heavy (non-hydrogen) atoms. The van der Waals surface area contributed by atoms with Gasteiger partial charge in [-0.15, -0.1) is 0 Å². The molecule has 0 aromatic carbocycles. The van der Waals surface area contributed by atoms with Crippen molar-refractivity contribution in [2.24, 2.45) is 0 Å². The molecule has 2 heterocycles. The lowest BCUT2D eigenvalue weighted by molar-refractivity contribution is 0.475. The molecule has 0 aliphatic rings. The van der Waals surface area contributed by atoms with Crippen LogP contribution in [0.4, 0.5) is 0 Å². The third kappa shape index (κ3) is 2.54. The number of nitrogens with zero attached hydrogens (tertiary/aromatic N) is 2. The first-order valence-corrected chi connectivity index (χ1v) is 5.98. The lowest BCUT2D eigenvalue weighted by atomic mass is 10.4. The second-order valence-corrected chi connectivity index (χ2v) is 5.14. The molecule has 0 aliphatic carbocycles. The van der Waals surface area contributed by atoms with Crippen LogP contribution in [0.3, 0.4) is 0 Å². The number of halogens is 1. The Hall–Kier alpha value is -0.940. The summed E-state index contributed by atoms with van der Waals surface area (Å²) < 4.78 is 6.47. The minimum atomic E-state index is 0.657. The van der Waals surface area contributed by atoms with Gasteiger partial charge in [0.2, 0.25) is 0 Å². The van der Waals surface area contributed by atoms with Crippen molar-refractivity contribution in [2.45, 2.75) is 13.8 Å². The Bertz CT molecular complexity index is 465. The van der Waals surface area contributed by atoms with Crippen molar-refractivity contribution >= 4 is 27.3 Å². The smallest absolute Gasteiger partial charge is 0.279 e. The molecule has 0 aliphatic heterocycles. The molecule has 2 aromatic rings. The fourth-order valence-electron chi connectivity index (χ4n) is 1.04. The van der Waals surface area contributed by atoms with Crippen LogP contribution in [-0.2, 0) is 0 Å². The molecule has 0 unspecified atom stereocenters. The van der Waals surface area contributed by atoms with Crippen LogP contribution >= 0.6 is 27.3 Å². The van der Waals surface area contributed by atoms with Crippen molar-refractivity contribution in [3.05, 3.63) is 33.5 Å². The van der Waals surface area contributed by atoms with Gasteiger partial charge in [-0.2, -0.15) is 0 Å². The molecule has 3 nitrogen and oxygen atoms in total. The Balaban J connectivity index is 2.22. The Morgan fingerprint density at radius 3 is 2.73 bits per heavy atom. The number of pyridine rings is 1. The van der Waals surface area contributed by atoms with Crippen LogP contribution in [0.2, 0.25) is 0 Å². The Morgan fingerprint density at radius 1 is 1.33 bits per heavy atom. The fourth-order valence-corrected chi connectivity index (χ4v) is 2.16. The van der Waals surface area contributed by atoms with Crippen molar-refractivity contribution in [1.82, 2.24) is 9.97 Å². The predicted molar refractivity (Wildman–Crippen MR) is 63.6 cm³/mol. The van der Waals surface area contributed by atoms with Gasteiger partial charge < -0.3 is 4.74 Å². The number of ether oxygens (including phenoxy) is 1. The monoisotopic (exact) mass is 284 g/mol. The van der Waals surface area contributed by atoms with E-state index in [-0.39, 0.29) is 0 Å². The average Bonchev–Trinajstić information content (AvgIpc) is 2.45. The zero-order valence-corrected chi connectivity index (χ0v) is 10.7. The van der Waals surface area contributed by atoms with E-state index in [2.05, 4.69) is 25.9 Å². The van der Waals surface area contributed by atoms with Crippen LogP contribution in [0.25, 0.3) is 0 Å². The van der Waals surface area contributed by atoms with Gasteiger partial charge in [0.05, 0.1) is 11.9 Å². The van der Waals surface area contributed by atoms with Crippen molar-refractivity contribution in [3.63, 3.8) is 0 Å². The van der Waals surface area contributed by atoms with Gasteiger partial charge in [0.25, 0.3) is 5.19 Å². The minimum Gasteiger partial charge on any atom is -0.429 e. The summed E-state index contributed by atoms with van der Waals surface area (Å²) >= 11 is 4.87. The summed E-state index contributed by atoms with van der Waals surface area (Å²) in [6.45, 7) is 4.00. The maximum absolute atomic E-state index is 5.58. The second kappa shape index (κ2) is 4.28. The van der Waals surface area contributed by atoms with E-state index < -0.39 is 0 Å². The molecule has 0 amide bonds. The standard InChI is InChI=1S/C10H9BrN2OS/c1-6-7(2)15-10(13-6)14-9-3-8(11)4-12-5-9/h3-5H,1-2H3. The predicted octanol–water partition coefficient (Wildman–Crippen LogP) is 3.71. The van der Waals surface area contributed by atoms with Crippen molar-refractivity contribution in [3.8, 4) is 10.9 Å². The first-order valence-electron chi connectivity index (χ1n) is 4.37. The molecular weight excluding hydrogens is 276 g/mol. The summed E-state index contributed by atoms with van der Waals surface area (Å²) in [5, 5.41) is 0.657. The van der Waals surface area contributed by atoms with Crippen LogP contribution in [0.1, 0.15) is 10.6 Å². The van der Waals surface area contributed by atoms with E-state index in [9.17, 15) is 0 Å². The second-order valence-electron chi connectivity index (χ2n) is 3.06. The maximum atomic E-state index is 5.58. The number of thiazole rings is 1. The molecule has 0 atom stereocenters. The van der Waals surface area contributed by atoms with E-state index in [1.54, 1.807) is 12.4 Å². The summed E-state index contributed by atoms with van der Waals surface area (Å²) in [7, 11) is 0. The molecular formula is C10H9BrN2OS. The number of hydrogen-bond donors (Lipinski definition) is 0. The topological polar surface area (TPSA) is 35.0 Å². The molecule has 0 fully saturated rings. The quantitative estimate of drug-likeness (QED) is 0.843. The van der Waals surface area contributed by atoms with Crippen molar-refractivity contribution < 1.29 is 4.74 Å². The first kappa shape index (κ1) is 10.6. The Labute approximate surface area is 100 Å². The lowest BCUT2D eigenvalue weighted by Gasteiger charge is -2.00. The highest BCUT2D eigenvalue weighted by atomic mass is 79.9. The van der Waals surface area contributed by atoms with E-state index in [1.165, 1.54) is 16.2 Å². The largest absolute Gasteiger partial charge is 0.429 e. The number of aryl methyl sites for hydroxylation is 2. The van der Waals surface area contributed by atoms with Gasteiger partial charge in [0.15, 0.2) is 0 Å². The third-order valence-corrected chi connectivity index (χ3v) is 3.28. The van der Waals surface area contributed by atoms with Crippen LogP contribution in [0.5, 0.6) is 10.9 Å². The average molecular weight is 285 g/mol. The molecule has 0 N–H and O–H groups in total. The minimum absolute atomic E-state index is 0.657. The van der Waals surface area contributed by atoms with Crippen LogP contribution in [0, 0.1) is 13.8 Å². The highest BCUT2D eigenvalue weighted by Gasteiger charge is 2.05. The van der Waals surface area contributed by atoms with E-state index in [1.807, 2.05) is 19.9 Å². The van der Waals surface area contributed by atoms with Crippen LogP contribution in [0.15, 0.2) is 22.9 Å². The van der Waals surface area contributed by atoms with E-state index in [0.29, 0.717) is 10.9 Å². The Kier molecular flexibility index (Phi) is 3.02. The fraction of sp³-hybridized carbons (Fsp3) is 0.200. The van der Waals surface area contributed by atoms with Gasteiger partial charge in [-0.25, -0.2) is 4.98 Å².